The van der Waals surface area contributed by atoms with Crippen LogP contribution in [0.4, 0.5) is 10.1 Å². The Balaban J connectivity index is 2.08. The number of methoxy groups -OCH3 is 2. The van der Waals surface area contributed by atoms with Crippen molar-refractivity contribution in [2.24, 2.45) is 0 Å². The van der Waals surface area contributed by atoms with Crippen molar-refractivity contribution in [2.45, 2.75) is 4.90 Å². The first kappa shape index (κ1) is 22.8. The van der Waals surface area contributed by atoms with E-state index in [1.165, 1.54) is 50.6 Å². The summed E-state index contributed by atoms with van der Waals surface area (Å²) < 4.78 is 52.6. The minimum atomic E-state index is -4.21. The van der Waals surface area contributed by atoms with Crippen LogP contribution in [0.1, 0.15) is 16.1 Å². The maximum Gasteiger partial charge on any atom is 0.262 e. The number of carbonyl (C=O) groups excluding carboxylic acids is 1. The van der Waals surface area contributed by atoms with E-state index in [2.05, 4.69) is 9.71 Å². The number of rotatable bonds is 7. The number of nitrogens with one attached hydrogen (secondary N) is 1. The molecule has 7 nitrogen and oxygen atoms in total. The lowest BCUT2D eigenvalue weighted by molar-refractivity contribution is 0.102. The number of anilines is 1. The lowest BCUT2D eigenvalue weighted by Gasteiger charge is -2.14. The van der Waals surface area contributed by atoms with Crippen molar-refractivity contribution < 1.29 is 27.1 Å². The molecule has 0 saturated carbocycles. The highest BCUT2D eigenvalue weighted by Gasteiger charge is 2.26. The van der Waals surface area contributed by atoms with Gasteiger partial charge in [-0.25, -0.2) is 17.8 Å². The average molecular weight is 485 g/mol. The van der Waals surface area contributed by atoms with Crippen LogP contribution in [-0.2, 0) is 10.0 Å². The largest absolute Gasteiger partial charge is 0.496 e. The molecule has 0 aliphatic rings. The number of ether oxygens (including phenoxy) is 2. The fraction of sp³-hybridized carbons (Fsp3) is 0.100. The number of hydrogen-bond donors (Lipinski definition) is 1. The second-order valence-electron chi connectivity index (χ2n) is 6.10. The summed E-state index contributed by atoms with van der Waals surface area (Å²) in [7, 11) is -1.59. The number of sulfonamides is 1. The zero-order valence-corrected chi connectivity index (χ0v) is 18.5. The van der Waals surface area contributed by atoms with Crippen LogP contribution in [0.2, 0.25) is 10.0 Å². The summed E-state index contributed by atoms with van der Waals surface area (Å²) in [4.78, 5) is 16.8. The van der Waals surface area contributed by atoms with Crippen LogP contribution in [0, 0.1) is 5.82 Å². The molecule has 0 amide bonds. The topological polar surface area (TPSA) is 94.6 Å². The standard InChI is InChI=1S/C20H15Cl2FN2O5S/c1-29-16-5-3-4-14(23)18(16)20(26)19-15(8-11(21)10-24-19)25-31(27,28)12-6-7-13(22)17(9-12)30-2/h3-10,25H,1-2H3. The van der Waals surface area contributed by atoms with E-state index >= 15 is 0 Å². The molecule has 0 unspecified atom stereocenters. The Morgan fingerprint density at radius 1 is 1.06 bits per heavy atom. The maximum absolute atomic E-state index is 14.4. The smallest absolute Gasteiger partial charge is 0.262 e. The molecule has 162 valence electrons. The van der Waals surface area contributed by atoms with E-state index in [1.54, 1.807) is 0 Å². The highest BCUT2D eigenvalue weighted by atomic mass is 35.5. The van der Waals surface area contributed by atoms with Crippen molar-refractivity contribution in [1.29, 1.82) is 0 Å². The fourth-order valence-electron chi connectivity index (χ4n) is 2.72. The Morgan fingerprint density at radius 2 is 1.77 bits per heavy atom. The summed E-state index contributed by atoms with van der Waals surface area (Å²) >= 11 is 11.9. The molecule has 0 spiro atoms. The molecule has 0 bridgehead atoms. The van der Waals surface area contributed by atoms with Crippen molar-refractivity contribution >= 4 is 44.7 Å². The van der Waals surface area contributed by atoms with E-state index in [0.717, 1.165) is 12.3 Å². The van der Waals surface area contributed by atoms with E-state index in [0.29, 0.717) is 0 Å². The molecule has 1 aromatic heterocycles. The Morgan fingerprint density at radius 3 is 2.45 bits per heavy atom. The fourth-order valence-corrected chi connectivity index (χ4v) is 4.15. The van der Waals surface area contributed by atoms with Gasteiger partial charge in [0.05, 0.1) is 34.8 Å². The van der Waals surface area contributed by atoms with Gasteiger partial charge in [0.25, 0.3) is 10.0 Å². The van der Waals surface area contributed by atoms with Gasteiger partial charge in [-0.3, -0.25) is 9.52 Å². The van der Waals surface area contributed by atoms with Gasteiger partial charge in [0.15, 0.2) is 0 Å². The molecule has 0 aliphatic heterocycles. The molecule has 3 aromatic rings. The lowest BCUT2D eigenvalue weighted by Crippen LogP contribution is -2.18. The molecule has 0 aliphatic carbocycles. The first-order valence-electron chi connectivity index (χ1n) is 8.57. The van der Waals surface area contributed by atoms with E-state index in [1.807, 2.05) is 0 Å². The molecule has 11 heteroatoms. The molecule has 1 N–H and O–H groups in total. The number of aromatic nitrogens is 1. The van der Waals surface area contributed by atoms with Gasteiger partial charge >= 0.3 is 0 Å². The third-order valence-electron chi connectivity index (χ3n) is 4.17. The summed E-state index contributed by atoms with van der Waals surface area (Å²) in [6, 6.07) is 8.86. The summed E-state index contributed by atoms with van der Waals surface area (Å²) in [5, 5.41) is 0.275. The second kappa shape index (κ2) is 9.09. The molecule has 2 aromatic carbocycles. The van der Waals surface area contributed by atoms with Crippen molar-refractivity contribution in [2.75, 3.05) is 18.9 Å². The Labute approximate surface area is 187 Å². The summed E-state index contributed by atoms with van der Waals surface area (Å²) in [6.45, 7) is 0. The number of pyridine rings is 1. The maximum atomic E-state index is 14.4. The molecular formula is C20H15Cl2FN2O5S. The second-order valence-corrected chi connectivity index (χ2v) is 8.62. The molecule has 0 fully saturated rings. The number of ketones is 1. The summed E-state index contributed by atoms with van der Waals surface area (Å²) in [5.74, 6) is -1.63. The van der Waals surface area contributed by atoms with E-state index < -0.39 is 27.2 Å². The Hall–Kier alpha value is -2.88. The molecule has 0 radical (unpaired) electrons. The number of nitrogens with zero attached hydrogens (tertiary/aromatic N) is 1. The monoisotopic (exact) mass is 484 g/mol. The quantitative estimate of drug-likeness (QED) is 0.493. The van der Waals surface area contributed by atoms with Crippen molar-refractivity contribution in [3.8, 4) is 11.5 Å². The van der Waals surface area contributed by atoms with Gasteiger partial charge in [-0.05, 0) is 30.3 Å². The molecular weight excluding hydrogens is 470 g/mol. The minimum absolute atomic E-state index is 0.0296. The normalized spacial score (nSPS) is 11.1. The van der Waals surface area contributed by atoms with Crippen LogP contribution in [0.3, 0.4) is 0 Å². The molecule has 3 rings (SSSR count). The first-order chi connectivity index (χ1) is 14.7. The molecule has 31 heavy (non-hydrogen) atoms. The van der Waals surface area contributed by atoms with Crippen molar-refractivity contribution in [3.05, 3.63) is 75.8 Å². The van der Waals surface area contributed by atoms with Gasteiger partial charge in [-0.15, -0.1) is 0 Å². The summed E-state index contributed by atoms with van der Waals surface area (Å²) in [5.41, 5.74) is -0.998. The van der Waals surface area contributed by atoms with Crippen LogP contribution in [-0.4, -0.2) is 33.4 Å². The van der Waals surface area contributed by atoms with E-state index in [9.17, 15) is 17.6 Å². The predicted molar refractivity (Wildman–Crippen MR) is 114 cm³/mol. The molecule has 0 atom stereocenters. The lowest BCUT2D eigenvalue weighted by atomic mass is 10.0. The predicted octanol–water partition coefficient (Wildman–Crippen LogP) is 4.58. The van der Waals surface area contributed by atoms with Gasteiger partial charge in [-0.1, -0.05) is 29.3 Å². The van der Waals surface area contributed by atoms with Crippen LogP contribution in [0.5, 0.6) is 11.5 Å². The zero-order chi connectivity index (χ0) is 22.8. The molecule has 1 heterocycles. The van der Waals surface area contributed by atoms with E-state index in [4.69, 9.17) is 32.7 Å². The number of halogens is 3. The van der Waals surface area contributed by atoms with Crippen molar-refractivity contribution in [1.82, 2.24) is 4.98 Å². The minimum Gasteiger partial charge on any atom is -0.496 e. The number of carbonyl (C=O) groups is 1. The Kier molecular flexibility index (Phi) is 6.68. The van der Waals surface area contributed by atoms with E-state index in [-0.39, 0.29) is 37.8 Å². The first-order valence-corrected chi connectivity index (χ1v) is 10.8. The zero-order valence-electron chi connectivity index (χ0n) is 16.1. The van der Waals surface area contributed by atoms with Crippen molar-refractivity contribution in [3.63, 3.8) is 0 Å². The van der Waals surface area contributed by atoms with Gasteiger partial charge in [-0.2, -0.15) is 0 Å². The van der Waals surface area contributed by atoms with Gasteiger partial charge in [0.2, 0.25) is 5.78 Å². The SMILES string of the molecule is COc1cc(S(=O)(=O)Nc2cc(Cl)cnc2C(=O)c2c(F)cccc2OC)ccc1Cl. The van der Waals surface area contributed by atoms with Gasteiger partial charge in [0.1, 0.15) is 28.6 Å². The van der Waals surface area contributed by atoms with Crippen LogP contribution >= 0.6 is 23.2 Å². The average Bonchev–Trinajstić information content (AvgIpc) is 2.73. The number of hydrogen-bond acceptors (Lipinski definition) is 6. The molecule has 0 saturated heterocycles. The Bertz CT molecular complexity index is 1270. The number of benzene rings is 2. The van der Waals surface area contributed by atoms with Gasteiger partial charge < -0.3 is 9.47 Å². The third kappa shape index (κ3) is 4.73. The van der Waals surface area contributed by atoms with Gasteiger partial charge in [0, 0.05) is 12.3 Å². The third-order valence-corrected chi connectivity index (χ3v) is 6.05. The highest BCUT2D eigenvalue weighted by Crippen LogP contribution is 2.31. The summed E-state index contributed by atoms with van der Waals surface area (Å²) in [6.07, 6.45) is 1.14. The van der Waals surface area contributed by atoms with Crippen LogP contribution in [0.25, 0.3) is 0 Å². The van der Waals surface area contributed by atoms with Crippen LogP contribution < -0.4 is 14.2 Å². The van der Waals surface area contributed by atoms with Crippen LogP contribution in [0.15, 0.2) is 53.6 Å². The highest BCUT2D eigenvalue weighted by molar-refractivity contribution is 7.92.